The molecular formula is C14H22BrNS. The number of hydrogen-bond donors (Lipinski definition) is 1. The van der Waals surface area contributed by atoms with Crippen LogP contribution in [-0.2, 0) is 6.42 Å². The van der Waals surface area contributed by atoms with Crippen LogP contribution in [0.5, 0.6) is 0 Å². The van der Waals surface area contributed by atoms with Gasteiger partial charge in [-0.2, -0.15) is 0 Å². The van der Waals surface area contributed by atoms with Gasteiger partial charge in [0, 0.05) is 10.9 Å². The Labute approximate surface area is 117 Å². The molecule has 1 nitrogen and oxygen atoms in total. The highest BCUT2D eigenvalue weighted by Crippen LogP contribution is 2.33. The second-order valence-electron chi connectivity index (χ2n) is 5.34. The molecular weight excluding hydrogens is 294 g/mol. The molecule has 0 aromatic carbocycles. The lowest BCUT2D eigenvalue weighted by atomic mass is 9.77. The second-order valence-corrected chi connectivity index (χ2v) is 7.88. The van der Waals surface area contributed by atoms with Crippen molar-refractivity contribution in [2.45, 2.75) is 45.1 Å². The SMILES string of the molecule is CNC(Cc1ccc(Br)s1)C1CCCC(C)C1. The van der Waals surface area contributed by atoms with Crippen molar-refractivity contribution in [3.8, 4) is 0 Å². The van der Waals surface area contributed by atoms with Crippen molar-refractivity contribution in [3.05, 3.63) is 20.8 Å². The third-order valence-corrected chi connectivity index (χ3v) is 5.61. The van der Waals surface area contributed by atoms with Crippen LogP contribution in [0.25, 0.3) is 0 Å². The largest absolute Gasteiger partial charge is 0.316 e. The van der Waals surface area contributed by atoms with Gasteiger partial charge in [-0.25, -0.2) is 0 Å². The molecule has 1 aromatic rings. The lowest BCUT2D eigenvalue weighted by molar-refractivity contribution is 0.228. The van der Waals surface area contributed by atoms with Crippen molar-refractivity contribution in [3.63, 3.8) is 0 Å². The molecule has 0 bridgehead atoms. The zero-order chi connectivity index (χ0) is 12.3. The van der Waals surface area contributed by atoms with Crippen molar-refractivity contribution in [1.29, 1.82) is 0 Å². The molecule has 96 valence electrons. The Hall–Kier alpha value is 0.140. The van der Waals surface area contributed by atoms with E-state index in [9.17, 15) is 0 Å². The van der Waals surface area contributed by atoms with Gasteiger partial charge in [-0.05, 0) is 66.2 Å². The van der Waals surface area contributed by atoms with E-state index in [0.29, 0.717) is 6.04 Å². The normalized spacial score (nSPS) is 27.0. The van der Waals surface area contributed by atoms with Gasteiger partial charge in [0.2, 0.25) is 0 Å². The van der Waals surface area contributed by atoms with Crippen LogP contribution in [0.1, 0.15) is 37.5 Å². The molecule has 0 amide bonds. The average molecular weight is 316 g/mol. The Balaban J connectivity index is 1.95. The van der Waals surface area contributed by atoms with Gasteiger partial charge in [0.15, 0.2) is 0 Å². The Bertz CT molecular complexity index is 350. The maximum absolute atomic E-state index is 3.55. The Morgan fingerprint density at radius 1 is 1.47 bits per heavy atom. The molecule has 0 saturated heterocycles. The van der Waals surface area contributed by atoms with E-state index in [4.69, 9.17) is 0 Å². The van der Waals surface area contributed by atoms with Crippen LogP contribution in [0.4, 0.5) is 0 Å². The van der Waals surface area contributed by atoms with E-state index >= 15 is 0 Å². The summed E-state index contributed by atoms with van der Waals surface area (Å²) >= 11 is 5.42. The molecule has 1 N–H and O–H groups in total. The first-order valence-electron chi connectivity index (χ1n) is 6.60. The van der Waals surface area contributed by atoms with Gasteiger partial charge in [-0.3, -0.25) is 0 Å². The Kier molecular flexibility index (Phi) is 5.07. The fourth-order valence-electron chi connectivity index (χ4n) is 3.03. The summed E-state index contributed by atoms with van der Waals surface area (Å²) in [6.45, 7) is 2.40. The molecule has 0 aliphatic heterocycles. The van der Waals surface area contributed by atoms with Gasteiger partial charge in [0.1, 0.15) is 0 Å². The summed E-state index contributed by atoms with van der Waals surface area (Å²) in [5.41, 5.74) is 0. The van der Waals surface area contributed by atoms with Crippen LogP contribution in [0.3, 0.4) is 0 Å². The van der Waals surface area contributed by atoms with Crippen molar-refractivity contribution in [2.24, 2.45) is 11.8 Å². The van der Waals surface area contributed by atoms with Gasteiger partial charge in [0.05, 0.1) is 3.79 Å². The summed E-state index contributed by atoms with van der Waals surface area (Å²) in [6.07, 6.45) is 6.83. The second kappa shape index (κ2) is 6.35. The number of hydrogen-bond acceptors (Lipinski definition) is 2. The highest BCUT2D eigenvalue weighted by molar-refractivity contribution is 9.11. The highest BCUT2D eigenvalue weighted by Gasteiger charge is 2.26. The molecule has 3 atom stereocenters. The quantitative estimate of drug-likeness (QED) is 0.864. The van der Waals surface area contributed by atoms with Crippen LogP contribution >= 0.6 is 27.3 Å². The van der Waals surface area contributed by atoms with Crippen LogP contribution in [0.15, 0.2) is 15.9 Å². The van der Waals surface area contributed by atoms with Crippen LogP contribution in [-0.4, -0.2) is 13.1 Å². The first kappa shape index (κ1) is 13.6. The topological polar surface area (TPSA) is 12.0 Å². The zero-order valence-electron chi connectivity index (χ0n) is 10.7. The van der Waals surface area contributed by atoms with E-state index in [0.717, 1.165) is 11.8 Å². The van der Waals surface area contributed by atoms with Gasteiger partial charge in [-0.15, -0.1) is 11.3 Å². The molecule has 3 heteroatoms. The van der Waals surface area contributed by atoms with Gasteiger partial charge in [-0.1, -0.05) is 19.8 Å². The minimum atomic E-state index is 0.656. The number of nitrogens with one attached hydrogen (secondary N) is 1. The van der Waals surface area contributed by atoms with Crippen molar-refractivity contribution in [1.82, 2.24) is 5.32 Å². The molecule has 0 radical (unpaired) electrons. The van der Waals surface area contributed by atoms with Crippen LogP contribution in [0, 0.1) is 11.8 Å². The number of likely N-dealkylation sites (N-methyl/N-ethyl adjacent to an activating group) is 1. The maximum Gasteiger partial charge on any atom is 0.0701 e. The molecule has 0 spiro atoms. The zero-order valence-corrected chi connectivity index (χ0v) is 13.1. The summed E-state index contributed by atoms with van der Waals surface area (Å²) in [5.74, 6) is 1.78. The first-order valence-corrected chi connectivity index (χ1v) is 8.21. The van der Waals surface area contributed by atoms with Crippen molar-refractivity contribution >= 4 is 27.3 Å². The predicted octanol–water partition coefficient (Wildman–Crippen LogP) is 4.47. The number of halogens is 1. The minimum Gasteiger partial charge on any atom is -0.316 e. The van der Waals surface area contributed by atoms with E-state index in [-0.39, 0.29) is 0 Å². The molecule has 1 aliphatic carbocycles. The summed E-state index contributed by atoms with van der Waals surface area (Å²) in [4.78, 5) is 1.49. The summed E-state index contributed by atoms with van der Waals surface area (Å²) in [6, 6.07) is 5.07. The van der Waals surface area contributed by atoms with Gasteiger partial charge < -0.3 is 5.32 Å². The van der Waals surface area contributed by atoms with Crippen LogP contribution in [0.2, 0.25) is 0 Å². The summed E-state index contributed by atoms with van der Waals surface area (Å²) < 4.78 is 1.25. The van der Waals surface area contributed by atoms with E-state index in [1.807, 2.05) is 11.3 Å². The van der Waals surface area contributed by atoms with Crippen molar-refractivity contribution < 1.29 is 0 Å². The average Bonchev–Trinajstić information content (AvgIpc) is 2.72. The van der Waals surface area contributed by atoms with E-state index < -0.39 is 0 Å². The third-order valence-electron chi connectivity index (χ3n) is 3.97. The molecule has 1 heterocycles. The lowest BCUT2D eigenvalue weighted by Gasteiger charge is -2.33. The highest BCUT2D eigenvalue weighted by atomic mass is 79.9. The predicted molar refractivity (Wildman–Crippen MR) is 79.7 cm³/mol. The Morgan fingerprint density at radius 2 is 2.29 bits per heavy atom. The van der Waals surface area contributed by atoms with Crippen molar-refractivity contribution in [2.75, 3.05) is 7.05 Å². The maximum atomic E-state index is 3.55. The molecule has 17 heavy (non-hydrogen) atoms. The van der Waals surface area contributed by atoms with Gasteiger partial charge in [0.25, 0.3) is 0 Å². The standard InChI is InChI=1S/C14H22BrNS/c1-10-4-3-5-11(8-10)13(16-2)9-12-6-7-14(15)17-12/h6-7,10-11,13,16H,3-5,8-9H2,1-2H3. The van der Waals surface area contributed by atoms with Gasteiger partial charge >= 0.3 is 0 Å². The molecule has 1 fully saturated rings. The number of rotatable bonds is 4. The lowest BCUT2D eigenvalue weighted by Crippen LogP contribution is -2.37. The summed E-state index contributed by atoms with van der Waals surface area (Å²) in [7, 11) is 2.12. The molecule has 3 unspecified atom stereocenters. The minimum absolute atomic E-state index is 0.656. The molecule has 1 saturated carbocycles. The first-order chi connectivity index (χ1) is 8.19. The van der Waals surface area contributed by atoms with E-state index in [2.05, 4.69) is 47.4 Å². The molecule has 1 aromatic heterocycles. The van der Waals surface area contributed by atoms with E-state index in [1.54, 1.807) is 0 Å². The fourth-order valence-corrected chi connectivity index (χ4v) is 4.57. The summed E-state index contributed by atoms with van der Waals surface area (Å²) in [5, 5.41) is 3.54. The number of thiophene rings is 1. The Morgan fingerprint density at radius 3 is 2.88 bits per heavy atom. The third kappa shape index (κ3) is 3.80. The molecule has 2 rings (SSSR count). The smallest absolute Gasteiger partial charge is 0.0701 e. The molecule has 1 aliphatic rings. The fraction of sp³-hybridized carbons (Fsp3) is 0.714. The van der Waals surface area contributed by atoms with Crippen LogP contribution < -0.4 is 5.32 Å². The monoisotopic (exact) mass is 315 g/mol. The van der Waals surface area contributed by atoms with E-state index in [1.165, 1.54) is 40.8 Å².